The predicted octanol–water partition coefficient (Wildman–Crippen LogP) is 4.47. The Morgan fingerprint density at radius 3 is 2.11 bits per heavy atom. The van der Waals surface area contributed by atoms with E-state index in [1.54, 1.807) is 0 Å². The molecule has 4 heteroatoms. The van der Waals surface area contributed by atoms with Crippen LogP contribution in [0.15, 0.2) is 65.2 Å². The zero-order valence-corrected chi connectivity index (χ0v) is 15.8. The number of hydrogen-bond acceptors (Lipinski definition) is 4. The second-order valence-corrected chi connectivity index (χ2v) is 7.33. The minimum Gasteiger partial charge on any atom is -0.339 e. The van der Waals surface area contributed by atoms with Gasteiger partial charge >= 0.3 is 0 Å². The summed E-state index contributed by atoms with van der Waals surface area (Å²) in [6, 6.07) is 21.1. The Morgan fingerprint density at radius 1 is 0.852 bits per heavy atom. The van der Waals surface area contributed by atoms with E-state index in [-0.39, 0.29) is 5.92 Å². The molecule has 1 fully saturated rings. The molecule has 0 bridgehead atoms. The van der Waals surface area contributed by atoms with Crippen LogP contribution in [-0.4, -0.2) is 34.7 Å². The Bertz CT molecular complexity index is 770. The van der Waals surface area contributed by atoms with E-state index in [0.717, 1.165) is 31.1 Å². The normalized spacial score (nSPS) is 15.3. The van der Waals surface area contributed by atoms with Crippen molar-refractivity contribution in [3.8, 4) is 0 Å². The molecule has 0 saturated carbocycles. The molecule has 1 aliphatic heterocycles. The summed E-state index contributed by atoms with van der Waals surface area (Å²) in [5, 5.41) is 4.23. The van der Waals surface area contributed by atoms with E-state index >= 15 is 0 Å². The molecule has 0 atom stereocenters. The van der Waals surface area contributed by atoms with Gasteiger partial charge in [-0.15, -0.1) is 0 Å². The largest absolute Gasteiger partial charge is 0.339 e. The topological polar surface area (TPSA) is 42.2 Å². The molecule has 2 heterocycles. The van der Waals surface area contributed by atoms with Gasteiger partial charge in [-0.1, -0.05) is 72.2 Å². The molecule has 0 aliphatic carbocycles. The zero-order valence-electron chi connectivity index (χ0n) is 15.8. The average Bonchev–Trinajstić information content (AvgIpc) is 3.20. The maximum absolute atomic E-state index is 5.60. The van der Waals surface area contributed by atoms with Crippen LogP contribution >= 0.6 is 0 Å². The molecule has 27 heavy (non-hydrogen) atoms. The number of benzene rings is 2. The van der Waals surface area contributed by atoms with Gasteiger partial charge in [-0.25, -0.2) is 0 Å². The summed E-state index contributed by atoms with van der Waals surface area (Å²) in [6.45, 7) is 3.43. The molecular formula is C23H27N3O. The van der Waals surface area contributed by atoms with Crippen LogP contribution < -0.4 is 0 Å². The molecule has 140 valence electrons. The highest BCUT2D eigenvalue weighted by atomic mass is 16.5. The van der Waals surface area contributed by atoms with E-state index in [1.165, 1.54) is 43.5 Å². The molecule has 0 unspecified atom stereocenters. The fourth-order valence-corrected chi connectivity index (χ4v) is 3.89. The van der Waals surface area contributed by atoms with Gasteiger partial charge in [0.2, 0.25) is 5.89 Å². The number of hydrogen-bond donors (Lipinski definition) is 0. The van der Waals surface area contributed by atoms with Crippen molar-refractivity contribution in [1.82, 2.24) is 15.0 Å². The van der Waals surface area contributed by atoms with Crippen LogP contribution in [0.4, 0.5) is 0 Å². The smallest absolute Gasteiger partial charge is 0.227 e. The minimum absolute atomic E-state index is 0.225. The van der Waals surface area contributed by atoms with Crippen molar-refractivity contribution in [1.29, 1.82) is 0 Å². The molecule has 4 rings (SSSR count). The van der Waals surface area contributed by atoms with E-state index in [1.807, 2.05) is 0 Å². The third-order valence-electron chi connectivity index (χ3n) is 5.39. The molecule has 1 aromatic heterocycles. The molecular weight excluding hydrogens is 334 g/mol. The van der Waals surface area contributed by atoms with Gasteiger partial charge in [0.15, 0.2) is 5.82 Å². The van der Waals surface area contributed by atoms with Gasteiger partial charge in [0.1, 0.15) is 0 Å². The fraction of sp³-hybridized carbons (Fsp3) is 0.391. The Balaban J connectivity index is 1.45. The summed E-state index contributed by atoms with van der Waals surface area (Å²) in [5.41, 5.74) is 2.55. The Morgan fingerprint density at radius 2 is 1.48 bits per heavy atom. The Labute approximate surface area is 161 Å². The van der Waals surface area contributed by atoms with Crippen LogP contribution in [0.2, 0.25) is 0 Å². The summed E-state index contributed by atoms with van der Waals surface area (Å²) in [7, 11) is 0. The van der Waals surface area contributed by atoms with Crippen molar-refractivity contribution < 1.29 is 4.52 Å². The molecule has 0 spiro atoms. The molecule has 1 saturated heterocycles. The third-order valence-corrected chi connectivity index (χ3v) is 5.39. The van der Waals surface area contributed by atoms with Crippen molar-refractivity contribution in [3.63, 3.8) is 0 Å². The fourth-order valence-electron chi connectivity index (χ4n) is 3.89. The van der Waals surface area contributed by atoms with Crippen molar-refractivity contribution in [2.45, 2.75) is 38.0 Å². The van der Waals surface area contributed by atoms with Crippen LogP contribution in [0.5, 0.6) is 0 Å². The highest BCUT2D eigenvalue weighted by Crippen LogP contribution is 2.28. The maximum Gasteiger partial charge on any atom is 0.227 e. The maximum atomic E-state index is 5.60. The van der Waals surface area contributed by atoms with Crippen molar-refractivity contribution in [2.75, 3.05) is 19.6 Å². The molecule has 4 nitrogen and oxygen atoms in total. The quantitative estimate of drug-likeness (QED) is 0.622. The minimum atomic E-state index is 0.225. The van der Waals surface area contributed by atoms with Gasteiger partial charge in [0, 0.05) is 25.3 Å². The predicted molar refractivity (Wildman–Crippen MR) is 107 cm³/mol. The number of rotatable bonds is 7. The van der Waals surface area contributed by atoms with Crippen molar-refractivity contribution >= 4 is 0 Å². The summed E-state index contributed by atoms with van der Waals surface area (Å²) in [5.74, 6) is 1.78. The van der Waals surface area contributed by atoms with E-state index in [0.29, 0.717) is 0 Å². The number of likely N-dealkylation sites (tertiary alicyclic amines) is 1. The second kappa shape index (κ2) is 8.96. The number of piperidine rings is 1. The van der Waals surface area contributed by atoms with Crippen LogP contribution in [0.1, 0.15) is 48.0 Å². The summed E-state index contributed by atoms with van der Waals surface area (Å²) >= 11 is 0. The van der Waals surface area contributed by atoms with Gasteiger partial charge in [-0.3, -0.25) is 0 Å². The van der Waals surface area contributed by atoms with Gasteiger partial charge in [0.05, 0.1) is 0 Å². The lowest BCUT2D eigenvalue weighted by molar-refractivity contribution is 0.229. The first-order valence-electron chi connectivity index (χ1n) is 10.0. The Kier molecular flexibility index (Phi) is 5.95. The van der Waals surface area contributed by atoms with E-state index < -0.39 is 0 Å². The SMILES string of the molecule is c1ccc(C(Cc2nc(CCN3CCCCC3)no2)c2ccccc2)cc1. The van der Waals surface area contributed by atoms with E-state index in [4.69, 9.17) is 4.52 Å². The van der Waals surface area contributed by atoms with E-state index in [9.17, 15) is 0 Å². The summed E-state index contributed by atoms with van der Waals surface area (Å²) < 4.78 is 5.60. The van der Waals surface area contributed by atoms with Gasteiger partial charge in [0.25, 0.3) is 0 Å². The third kappa shape index (κ3) is 4.83. The monoisotopic (exact) mass is 361 g/mol. The lowest BCUT2D eigenvalue weighted by Crippen LogP contribution is -2.31. The number of nitrogens with zero attached hydrogens (tertiary/aromatic N) is 3. The molecule has 0 N–H and O–H groups in total. The van der Waals surface area contributed by atoms with Crippen LogP contribution in [0.3, 0.4) is 0 Å². The first kappa shape index (κ1) is 17.9. The zero-order chi connectivity index (χ0) is 18.3. The lowest BCUT2D eigenvalue weighted by atomic mass is 9.88. The van der Waals surface area contributed by atoms with Gasteiger partial charge in [-0.05, 0) is 37.1 Å². The average molecular weight is 361 g/mol. The van der Waals surface area contributed by atoms with Crippen molar-refractivity contribution in [3.05, 3.63) is 83.5 Å². The molecule has 1 aliphatic rings. The van der Waals surface area contributed by atoms with Crippen LogP contribution in [0.25, 0.3) is 0 Å². The van der Waals surface area contributed by atoms with Crippen LogP contribution in [0, 0.1) is 0 Å². The molecule has 0 amide bonds. The van der Waals surface area contributed by atoms with Crippen molar-refractivity contribution in [2.24, 2.45) is 0 Å². The molecule has 0 radical (unpaired) electrons. The summed E-state index contributed by atoms with van der Waals surface area (Å²) in [4.78, 5) is 7.19. The standard InChI is InChI=1S/C23H27N3O/c1-4-10-19(11-5-1)21(20-12-6-2-7-13-20)18-23-24-22(25-27-23)14-17-26-15-8-3-9-16-26/h1-2,4-7,10-13,21H,3,8-9,14-18H2. The first-order valence-corrected chi connectivity index (χ1v) is 10.0. The van der Waals surface area contributed by atoms with Crippen LogP contribution in [-0.2, 0) is 12.8 Å². The highest BCUT2D eigenvalue weighted by Gasteiger charge is 2.19. The van der Waals surface area contributed by atoms with Gasteiger partial charge < -0.3 is 9.42 Å². The van der Waals surface area contributed by atoms with Gasteiger partial charge in [-0.2, -0.15) is 4.98 Å². The Hall–Kier alpha value is -2.46. The van der Waals surface area contributed by atoms with E-state index in [2.05, 4.69) is 75.7 Å². The number of aromatic nitrogens is 2. The first-order chi connectivity index (χ1) is 13.4. The second-order valence-electron chi connectivity index (χ2n) is 7.33. The molecule has 2 aromatic carbocycles. The highest BCUT2D eigenvalue weighted by molar-refractivity contribution is 5.33. The lowest BCUT2D eigenvalue weighted by Gasteiger charge is -2.25. The summed E-state index contributed by atoms with van der Waals surface area (Å²) in [6.07, 6.45) is 5.58. The molecule has 3 aromatic rings.